The molecule has 1 unspecified atom stereocenters. The number of thiophene rings is 1. The molecule has 0 aliphatic rings. The fourth-order valence-electron chi connectivity index (χ4n) is 1.50. The molecule has 2 rings (SSSR count). The van der Waals surface area contributed by atoms with Crippen LogP contribution in [0.2, 0.25) is 4.34 Å². The molecule has 17 heavy (non-hydrogen) atoms. The van der Waals surface area contributed by atoms with E-state index in [9.17, 15) is 4.79 Å². The maximum Gasteiger partial charge on any atom is 0.251 e. The number of halogens is 1. The number of hydrogen-bond acceptors (Lipinski definition) is 4. The summed E-state index contributed by atoms with van der Waals surface area (Å²) in [5.74, 6) is -0.503. The molecule has 0 aromatic carbocycles. The highest BCUT2D eigenvalue weighted by Gasteiger charge is 2.16. The Morgan fingerprint density at radius 2 is 2.35 bits per heavy atom. The summed E-state index contributed by atoms with van der Waals surface area (Å²) in [4.78, 5) is 12.0. The molecule has 0 radical (unpaired) electrons. The van der Waals surface area contributed by atoms with Crippen molar-refractivity contribution < 1.29 is 4.79 Å². The first-order valence-electron chi connectivity index (χ1n) is 4.91. The Labute approximate surface area is 107 Å². The van der Waals surface area contributed by atoms with Crippen molar-refractivity contribution in [2.45, 2.75) is 6.04 Å². The number of carbonyl (C=O) groups excluding carboxylic acids is 1. The van der Waals surface area contributed by atoms with Gasteiger partial charge in [0, 0.05) is 17.6 Å². The van der Waals surface area contributed by atoms with Gasteiger partial charge in [0.1, 0.15) is 0 Å². The highest BCUT2D eigenvalue weighted by Crippen LogP contribution is 2.28. The molecule has 0 saturated carbocycles. The van der Waals surface area contributed by atoms with Crippen molar-refractivity contribution in [1.82, 2.24) is 9.78 Å². The number of nitrogens with zero attached hydrogens (tertiary/aromatic N) is 2. The van der Waals surface area contributed by atoms with Gasteiger partial charge in [0.05, 0.1) is 22.1 Å². The quantitative estimate of drug-likeness (QED) is 0.876. The number of hydrogen-bond donors (Lipinski definition) is 2. The van der Waals surface area contributed by atoms with Gasteiger partial charge in [-0.15, -0.1) is 11.3 Å². The predicted octanol–water partition coefficient (Wildman–Crippen LogP) is 1.25. The van der Waals surface area contributed by atoms with Crippen LogP contribution >= 0.6 is 22.9 Å². The fraction of sp³-hybridized carbons (Fsp3) is 0.200. The van der Waals surface area contributed by atoms with Crippen molar-refractivity contribution in [3.8, 4) is 0 Å². The fourth-order valence-corrected chi connectivity index (χ4v) is 2.67. The van der Waals surface area contributed by atoms with Gasteiger partial charge in [0.2, 0.25) is 0 Å². The van der Waals surface area contributed by atoms with Crippen molar-refractivity contribution in [1.29, 1.82) is 0 Å². The number of aromatic nitrogens is 2. The summed E-state index contributed by atoms with van der Waals surface area (Å²) in [7, 11) is 0. The maximum atomic E-state index is 11.0. The van der Waals surface area contributed by atoms with E-state index in [4.69, 9.17) is 23.1 Å². The van der Waals surface area contributed by atoms with E-state index in [1.165, 1.54) is 17.5 Å². The van der Waals surface area contributed by atoms with E-state index in [0.29, 0.717) is 16.4 Å². The number of primary amides is 1. The highest BCUT2D eigenvalue weighted by molar-refractivity contribution is 7.16. The van der Waals surface area contributed by atoms with Crippen LogP contribution in [0, 0.1) is 0 Å². The maximum absolute atomic E-state index is 11.0. The van der Waals surface area contributed by atoms with Gasteiger partial charge in [-0.25, -0.2) is 0 Å². The normalized spacial score (nSPS) is 12.6. The summed E-state index contributed by atoms with van der Waals surface area (Å²) in [6.07, 6.45) is 3.02. The van der Waals surface area contributed by atoms with Gasteiger partial charge in [-0.05, 0) is 12.1 Å². The van der Waals surface area contributed by atoms with Crippen molar-refractivity contribution in [3.05, 3.63) is 39.3 Å². The average molecular weight is 271 g/mol. The smallest absolute Gasteiger partial charge is 0.251 e. The van der Waals surface area contributed by atoms with E-state index in [2.05, 4.69) is 5.10 Å². The molecule has 1 amide bonds. The average Bonchev–Trinajstić information content (AvgIpc) is 2.89. The minimum absolute atomic E-state index is 0.124. The zero-order valence-electron chi connectivity index (χ0n) is 8.84. The summed E-state index contributed by atoms with van der Waals surface area (Å²) in [6.45, 7) is 0.372. The van der Waals surface area contributed by atoms with E-state index < -0.39 is 5.91 Å². The number of rotatable bonds is 4. The van der Waals surface area contributed by atoms with Crippen LogP contribution in [-0.2, 0) is 0 Å². The number of carbonyl (C=O) groups is 1. The minimum atomic E-state index is -0.503. The molecule has 5 nitrogen and oxygen atoms in total. The first-order chi connectivity index (χ1) is 8.11. The summed E-state index contributed by atoms with van der Waals surface area (Å²) >= 11 is 7.32. The van der Waals surface area contributed by atoms with Crippen LogP contribution in [-0.4, -0.2) is 22.2 Å². The van der Waals surface area contributed by atoms with Gasteiger partial charge in [-0.3, -0.25) is 9.48 Å². The lowest BCUT2D eigenvalue weighted by Gasteiger charge is -2.13. The third kappa shape index (κ3) is 2.49. The van der Waals surface area contributed by atoms with Crippen LogP contribution < -0.4 is 11.5 Å². The van der Waals surface area contributed by atoms with Crippen LogP contribution in [0.15, 0.2) is 24.5 Å². The molecule has 0 aliphatic carbocycles. The van der Waals surface area contributed by atoms with Gasteiger partial charge < -0.3 is 11.5 Å². The molecule has 7 heteroatoms. The molecule has 0 saturated heterocycles. The van der Waals surface area contributed by atoms with Crippen molar-refractivity contribution in [2.24, 2.45) is 11.5 Å². The third-order valence-corrected chi connectivity index (χ3v) is 3.68. The second kappa shape index (κ2) is 4.87. The Kier molecular flexibility index (Phi) is 3.46. The standard InChI is InChI=1S/C10H11ClN4OS/c11-9-2-1-8(17-9)7(3-12)15-5-6(4-14-15)10(13)16/h1-2,4-5,7H,3,12H2,(H2,13,16). The van der Waals surface area contributed by atoms with Crippen LogP contribution in [0.1, 0.15) is 21.3 Å². The minimum Gasteiger partial charge on any atom is -0.366 e. The molecule has 2 aromatic heterocycles. The molecule has 2 heterocycles. The Balaban J connectivity index is 2.31. The summed E-state index contributed by atoms with van der Waals surface area (Å²) in [5, 5.41) is 4.09. The second-order valence-corrected chi connectivity index (χ2v) is 5.21. The summed E-state index contributed by atoms with van der Waals surface area (Å²) in [5.41, 5.74) is 11.3. The van der Waals surface area contributed by atoms with Crippen LogP contribution in [0.5, 0.6) is 0 Å². The second-order valence-electron chi connectivity index (χ2n) is 3.47. The summed E-state index contributed by atoms with van der Waals surface area (Å²) < 4.78 is 2.32. The molecule has 0 spiro atoms. The van der Waals surface area contributed by atoms with Crippen LogP contribution in [0.4, 0.5) is 0 Å². The molecule has 0 bridgehead atoms. The highest BCUT2D eigenvalue weighted by atomic mass is 35.5. The number of nitrogens with two attached hydrogens (primary N) is 2. The Hall–Kier alpha value is -1.37. The molecule has 2 aromatic rings. The molecule has 90 valence electrons. The Morgan fingerprint density at radius 3 is 2.82 bits per heavy atom. The largest absolute Gasteiger partial charge is 0.366 e. The van der Waals surface area contributed by atoms with Gasteiger partial charge in [-0.1, -0.05) is 11.6 Å². The zero-order chi connectivity index (χ0) is 12.4. The lowest BCUT2D eigenvalue weighted by molar-refractivity contribution is 0.1000. The molecule has 0 fully saturated rings. The first kappa shape index (κ1) is 12.1. The first-order valence-corrected chi connectivity index (χ1v) is 6.10. The molecule has 4 N–H and O–H groups in total. The van der Waals surface area contributed by atoms with Crippen molar-refractivity contribution >= 4 is 28.8 Å². The Morgan fingerprint density at radius 1 is 1.59 bits per heavy atom. The predicted molar refractivity (Wildman–Crippen MR) is 67.3 cm³/mol. The van der Waals surface area contributed by atoms with Gasteiger partial charge in [-0.2, -0.15) is 5.10 Å². The van der Waals surface area contributed by atoms with E-state index in [1.807, 2.05) is 12.1 Å². The number of amides is 1. The van der Waals surface area contributed by atoms with Crippen LogP contribution in [0.3, 0.4) is 0 Å². The molecule has 1 atom stereocenters. The summed E-state index contributed by atoms with van der Waals surface area (Å²) in [6, 6.07) is 3.58. The lowest BCUT2D eigenvalue weighted by Crippen LogP contribution is -2.20. The van der Waals surface area contributed by atoms with Gasteiger partial charge >= 0.3 is 0 Å². The van der Waals surface area contributed by atoms with E-state index in [0.717, 1.165) is 4.88 Å². The molecular formula is C10H11ClN4OS. The zero-order valence-corrected chi connectivity index (χ0v) is 10.4. The molecule has 0 aliphatic heterocycles. The molecular weight excluding hydrogens is 260 g/mol. The van der Waals surface area contributed by atoms with Gasteiger partial charge in [0.25, 0.3) is 5.91 Å². The van der Waals surface area contributed by atoms with Crippen molar-refractivity contribution in [2.75, 3.05) is 6.54 Å². The monoisotopic (exact) mass is 270 g/mol. The van der Waals surface area contributed by atoms with E-state index in [-0.39, 0.29) is 6.04 Å². The third-order valence-electron chi connectivity index (χ3n) is 2.35. The lowest BCUT2D eigenvalue weighted by atomic mass is 10.2. The van der Waals surface area contributed by atoms with Gasteiger partial charge in [0.15, 0.2) is 0 Å². The Bertz CT molecular complexity index is 536. The van der Waals surface area contributed by atoms with E-state index in [1.54, 1.807) is 10.9 Å². The van der Waals surface area contributed by atoms with Crippen molar-refractivity contribution in [3.63, 3.8) is 0 Å². The van der Waals surface area contributed by atoms with Crippen LogP contribution in [0.25, 0.3) is 0 Å². The topological polar surface area (TPSA) is 86.9 Å². The van der Waals surface area contributed by atoms with E-state index >= 15 is 0 Å². The SMILES string of the molecule is NCC(c1ccc(Cl)s1)n1cc(C(N)=O)cn1.